The number of piperidine rings is 1. The first-order valence-corrected chi connectivity index (χ1v) is 8.87. The predicted molar refractivity (Wildman–Crippen MR) is 96.7 cm³/mol. The molecule has 1 aliphatic rings. The van der Waals surface area contributed by atoms with Crippen LogP contribution in [0.1, 0.15) is 35.5 Å². The number of aryl methyl sites for hydroxylation is 2. The fourth-order valence-electron chi connectivity index (χ4n) is 3.19. The molecule has 3 rings (SSSR count). The molecule has 1 aliphatic heterocycles. The highest BCUT2D eigenvalue weighted by atomic mass is 16.5. The minimum Gasteiger partial charge on any atom is -0.373 e. The van der Waals surface area contributed by atoms with E-state index in [1.807, 2.05) is 17.0 Å². The van der Waals surface area contributed by atoms with Crippen LogP contribution in [0.4, 0.5) is 0 Å². The zero-order valence-corrected chi connectivity index (χ0v) is 15.2. The molecule has 0 aliphatic carbocycles. The molecular weight excluding hydrogens is 332 g/mol. The third-order valence-electron chi connectivity index (χ3n) is 4.67. The molecule has 1 amide bonds. The number of pyridine rings is 1. The summed E-state index contributed by atoms with van der Waals surface area (Å²) in [5, 5.41) is 0. The number of hydrogen-bond donors (Lipinski definition) is 1. The first kappa shape index (κ1) is 18.3. The smallest absolute Gasteiger partial charge is 0.254 e. The second-order valence-corrected chi connectivity index (χ2v) is 6.64. The molecule has 1 fully saturated rings. The Bertz CT molecular complexity index is 811. The van der Waals surface area contributed by atoms with Gasteiger partial charge in [-0.2, -0.15) is 0 Å². The quantitative estimate of drug-likeness (QED) is 0.878. The summed E-state index contributed by atoms with van der Waals surface area (Å²) < 4.78 is 5.92. The van der Waals surface area contributed by atoms with Crippen LogP contribution in [0, 0.1) is 13.8 Å². The predicted octanol–water partition coefficient (Wildman–Crippen LogP) is 1.53. The molecule has 26 heavy (non-hydrogen) atoms. The Balaban J connectivity index is 1.50. The van der Waals surface area contributed by atoms with Crippen molar-refractivity contribution in [3.05, 3.63) is 57.5 Å². The molecule has 0 bridgehead atoms. The summed E-state index contributed by atoms with van der Waals surface area (Å²) in [7, 11) is 0. The van der Waals surface area contributed by atoms with Crippen molar-refractivity contribution in [2.24, 2.45) is 0 Å². The maximum absolute atomic E-state index is 12.5. The summed E-state index contributed by atoms with van der Waals surface area (Å²) >= 11 is 0. The Kier molecular flexibility index (Phi) is 5.78. The summed E-state index contributed by atoms with van der Waals surface area (Å²) in [6, 6.07) is 3.88. The molecule has 7 heteroatoms. The summed E-state index contributed by atoms with van der Waals surface area (Å²) in [4.78, 5) is 37.4. The first-order valence-electron chi connectivity index (χ1n) is 8.87. The van der Waals surface area contributed by atoms with Crippen LogP contribution in [0.5, 0.6) is 0 Å². The van der Waals surface area contributed by atoms with Gasteiger partial charge < -0.3 is 14.6 Å². The van der Waals surface area contributed by atoms with Gasteiger partial charge in [-0.1, -0.05) is 6.07 Å². The van der Waals surface area contributed by atoms with Crippen LogP contribution >= 0.6 is 0 Å². The van der Waals surface area contributed by atoms with E-state index >= 15 is 0 Å². The van der Waals surface area contributed by atoms with Gasteiger partial charge in [0.05, 0.1) is 19.1 Å². The monoisotopic (exact) mass is 356 g/mol. The average molecular weight is 356 g/mol. The van der Waals surface area contributed by atoms with Crippen LogP contribution in [0.25, 0.3) is 0 Å². The van der Waals surface area contributed by atoms with E-state index in [9.17, 15) is 9.59 Å². The van der Waals surface area contributed by atoms with E-state index in [0.29, 0.717) is 36.8 Å². The number of aromatic amines is 1. The van der Waals surface area contributed by atoms with Crippen LogP contribution < -0.4 is 5.56 Å². The highest BCUT2D eigenvalue weighted by Crippen LogP contribution is 2.16. The fourth-order valence-corrected chi connectivity index (χ4v) is 3.19. The summed E-state index contributed by atoms with van der Waals surface area (Å²) in [6.45, 7) is 5.33. The molecule has 0 radical (unpaired) electrons. The van der Waals surface area contributed by atoms with Gasteiger partial charge in [0.1, 0.15) is 5.82 Å². The van der Waals surface area contributed by atoms with E-state index in [0.717, 1.165) is 18.4 Å². The highest BCUT2D eigenvalue weighted by molar-refractivity contribution is 5.79. The third kappa shape index (κ3) is 4.54. The Morgan fingerprint density at radius 3 is 2.77 bits per heavy atom. The summed E-state index contributed by atoms with van der Waals surface area (Å²) in [6.07, 6.45) is 5.37. The van der Waals surface area contributed by atoms with Crippen LogP contribution in [0.15, 0.2) is 29.3 Å². The molecule has 0 spiro atoms. The zero-order chi connectivity index (χ0) is 18.5. The lowest BCUT2D eigenvalue weighted by atomic mass is 10.1. The number of carbonyl (C=O) groups is 1. The maximum Gasteiger partial charge on any atom is 0.254 e. The number of H-pyrrole nitrogens is 1. The van der Waals surface area contributed by atoms with E-state index in [1.165, 1.54) is 0 Å². The van der Waals surface area contributed by atoms with Crippen molar-refractivity contribution >= 4 is 5.91 Å². The molecule has 138 valence electrons. The van der Waals surface area contributed by atoms with Crippen molar-refractivity contribution < 1.29 is 9.53 Å². The number of amides is 1. The molecule has 0 aromatic carbocycles. The second-order valence-electron chi connectivity index (χ2n) is 6.64. The Hall–Kier alpha value is -2.54. The molecule has 0 atom stereocenters. The lowest BCUT2D eigenvalue weighted by Crippen LogP contribution is -2.42. The lowest BCUT2D eigenvalue weighted by Gasteiger charge is -2.32. The summed E-state index contributed by atoms with van der Waals surface area (Å²) in [5.74, 6) is 0.533. The van der Waals surface area contributed by atoms with Crippen LogP contribution in [0.2, 0.25) is 0 Å². The molecule has 2 aromatic heterocycles. The van der Waals surface area contributed by atoms with Crippen molar-refractivity contribution in [3.63, 3.8) is 0 Å². The molecule has 1 saturated heterocycles. The van der Waals surface area contributed by atoms with Gasteiger partial charge in [0.25, 0.3) is 5.56 Å². The van der Waals surface area contributed by atoms with Gasteiger partial charge in [-0.15, -0.1) is 0 Å². The van der Waals surface area contributed by atoms with E-state index in [-0.39, 0.29) is 24.0 Å². The van der Waals surface area contributed by atoms with Crippen LogP contribution in [0.3, 0.4) is 0 Å². The van der Waals surface area contributed by atoms with E-state index in [1.54, 1.807) is 26.2 Å². The van der Waals surface area contributed by atoms with Crippen molar-refractivity contribution in [1.29, 1.82) is 0 Å². The van der Waals surface area contributed by atoms with Gasteiger partial charge in [-0.05, 0) is 38.3 Å². The molecule has 1 N–H and O–H groups in total. The number of nitrogens with one attached hydrogen (secondary N) is 1. The maximum atomic E-state index is 12.5. The number of likely N-dealkylation sites (tertiary alicyclic amines) is 1. The largest absolute Gasteiger partial charge is 0.373 e. The standard InChI is InChI=1S/C19H24N4O3/c1-13-17(19(25)22-14(2)21-13)10-18(24)23-8-5-16(6-9-23)26-12-15-4-3-7-20-11-15/h3-4,7,11,16H,5-6,8-10,12H2,1-2H3,(H,21,22,25). The molecule has 0 saturated carbocycles. The van der Waals surface area contributed by atoms with Crippen molar-refractivity contribution in [3.8, 4) is 0 Å². The fraction of sp³-hybridized carbons (Fsp3) is 0.474. The van der Waals surface area contributed by atoms with Gasteiger partial charge in [-0.25, -0.2) is 4.98 Å². The van der Waals surface area contributed by atoms with Crippen molar-refractivity contribution in [2.75, 3.05) is 13.1 Å². The number of aromatic nitrogens is 3. The Labute approximate surface area is 152 Å². The SMILES string of the molecule is Cc1nc(C)c(CC(=O)N2CCC(OCc3cccnc3)CC2)c(=O)[nH]1. The van der Waals surface area contributed by atoms with Gasteiger partial charge in [0, 0.05) is 36.7 Å². The van der Waals surface area contributed by atoms with E-state index in [4.69, 9.17) is 4.74 Å². The number of nitrogens with zero attached hydrogens (tertiary/aromatic N) is 3. The minimum atomic E-state index is -0.224. The van der Waals surface area contributed by atoms with E-state index in [2.05, 4.69) is 15.0 Å². The first-order chi connectivity index (χ1) is 12.5. The second kappa shape index (κ2) is 8.23. The molecular formula is C19H24N4O3. The topological polar surface area (TPSA) is 88.2 Å². The normalized spacial score (nSPS) is 15.2. The zero-order valence-electron chi connectivity index (χ0n) is 15.2. The Morgan fingerprint density at radius 1 is 1.35 bits per heavy atom. The molecule has 0 unspecified atom stereocenters. The Morgan fingerprint density at radius 2 is 2.12 bits per heavy atom. The van der Waals surface area contributed by atoms with Gasteiger partial charge >= 0.3 is 0 Å². The van der Waals surface area contributed by atoms with Crippen LogP contribution in [-0.4, -0.2) is 45.0 Å². The van der Waals surface area contributed by atoms with Gasteiger partial charge in [0.2, 0.25) is 5.91 Å². The number of hydrogen-bond acceptors (Lipinski definition) is 5. The number of carbonyl (C=O) groups excluding carboxylic acids is 1. The highest BCUT2D eigenvalue weighted by Gasteiger charge is 2.24. The minimum absolute atomic E-state index is 0.0324. The van der Waals surface area contributed by atoms with Crippen LogP contribution in [-0.2, 0) is 22.6 Å². The van der Waals surface area contributed by atoms with Crippen molar-refractivity contribution in [1.82, 2.24) is 19.9 Å². The molecule has 7 nitrogen and oxygen atoms in total. The lowest BCUT2D eigenvalue weighted by molar-refractivity contribution is -0.133. The molecule has 2 aromatic rings. The van der Waals surface area contributed by atoms with Gasteiger partial charge in [0.15, 0.2) is 0 Å². The number of ether oxygens (including phenoxy) is 1. The third-order valence-corrected chi connectivity index (χ3v) is 4.67. The average Bonchev–Trinajstić information content (AvgIpc) is 2.64. The van der Waals surface area contributed by atoms with E-state index < -0.39 is 0 Å². The number of rotatable bonds is 5. The summed E-state index contributed by atoms with van der Waals surface area (Å²) in [5.41, 5.74) is 1.90. The van der Waals surface area contributed by atoms with Gasteiger partial charge in [-0.3, -0.25) is 14.6 Å². The van der Waals surface area contributed by atoms with Crippen molar-refractivity contribution in [2.45, 2.75) is 45.8 Å². The molecule has 3 heterocycles.